The van der Waals surface area contributed by atoms with Crippen molar-refractivity contribution in [3.8, 4) is 0 Å². The summed E-state index contributed by atoms with van der Waals surface area (Å²) in [6.07, 6.45) is 2.77. The van der Waals surface area contributed by atoms with Crippen LogP contribution in [0.25, 0.3) is 0 Å². The minimum Gasteiger partial charge on any atom is -0.369 e. The van der Waals surface area contributed by atoms with Crippen LogP contribution in [0.1, 0.15) is 32.3 Å². The molecule has 1 aliphatic rings. The number of nitrogens with zero attached hydrogens (tertiary/aromatic N) is 1. The number of anilines is 1. The maximum absolute atomic E-state index is 5.88. The molecule has 17 heavy (non-hydrogen) atoms. The minimum atomic E-state index is 0.523. The Morgan fingerprint density at radius 3 is 2.65 bits per heavy atom. The Morgan fingerprint density at radius 1 is 1.41 bits per heavy atom. The highest BCUT2D eigenvalue weighted by molar-refractivity contribution is 9.10. The highest BCUT2D eigenvalue weighted by atomic mass is 79.9. The topological polar surface area (TPSA) is 29.3 Å². The van der Waals surface area contributed by atoms with E-state index in [9.17, 15) is 0 Å². The average molecular weight is 297 g/mol. The van der Waals surface area contributed by atoms with Gasteiger partial charge in [-0.3, -0.25) is 0 Å². The van der Waals surface area contributed by atoms with Crippen molar-refractivity contribution < 1.29 is 0 Å². The summed E-state index contributed by atoms with van der Waals surface area (Å²) < 4.78 is 1.12. The van der Waals surface area contributed by atoms with Crippen LogP contribution in [0.3, 0.4) is 0 Å². The van der Waals surface area contributed by atoms with Crippen LogP contribution < -0.4 is 10.6 Å². The van der Waals surface area contributed by atoms with Crippen molar-refractivity contribution in [2.45, 2.75) is 39.3 Å². The number of hydrogen-bond acceptors (Lipinski definition) is 2. The minimum absolute atomic E-state index is 0.523. The van der Waals surface area contributed by atoms with Crippen LogP contribution in [-0.2, 0) is 6.54 Å². The van der Waals surface area contributed by atoms with Crippen LogP contribution in [0.4, 0.5) is 5.69 Å². The first-order valence-electron chi connectivity index (χ1n) is 6.37. The van der Waals surface area contributed by atoms with Gasteiger partial charge < -0.3 is 10.6 Å². The van der Waals surface area contributed by atoms with Crippen molar-refractivity contribution in [2.75, 3.05) is 11.4 Å². The van der Waals surface area contributed by atoms with Crippen LogP contribution in [-0.4, -0.2) is 12.6 Å². The lowest BCUT2D eigenvalue weighted by Crippen LogP contribution is -2.33. The fraction of sp³-hybridized carbons (Fsp3) is 0.571. The third-order valence-electron chi connectivity index (χ3n) is 3.38. The smallest absolute Gasteiger partial charge is 0.0425 e. The van der Waals surface area contributed by atoms with E-state index in [2.05, 4.69) is 52.9 Å². The molecule has 1 aromatic carbocycles. The Labute approximate surface area is 112 Å². The molecule has 2 N–H and O–H groups in total. The SMILES string of the molecule is CC(C)N(CC1CC1)c1cccc(Br)c1CN. The predicted octanol–water partition coefficient (Wildman–Crippen LogP) is 3.53. The Hall–Kier alpha value is -0.540. The van der Waals surface area contributed by atoms with Gasteiger partial charge in [0.2, 0.25) is 0 Å². The lowest BCUT2D eigenvalue weighted by atomic mass is 10.1. The van der Waals surface area contributed by atoms with Gasteiger partial charge in [-0.15, -0.1) is 0 Å². The molecule has 1 aromatic rings. The molecule has 0 spiro atoms. The van der Waals surface area contributed by atoms with Gasteiger partial charge in [-0.25, -0.2) is 0 Å². The van der Waals surface area contributed by atoms with Crippen LogP contribution in [0, 0.1) is 5.92 Å². The van der Waals surface area contributed by atoms with Crippen LogP contribution in [0.2, 0.25) is 0 Å². The number of rotatable bonds is 5. The van der Waals surface area contributed by atoms with Crippen LogP contribution in [0.15, 0.2) is 22.7 Å². The molecule has 0 bridgehead atoms. The van der Waals surface area contributed by atoms with Crippen molar-refractivity contribution in [1.82, 2.24) is 0 Å². The zero-order valence-corrected chi connectivity index (χ0v) is 12.2. The van der Waals surface area contributed by atoms with Gasteiger partial charge in [-0.2, -0.15) is 0 Å². The summed E-state index contributed by atoms with van der Waals surface area (Å²) in [4.78, 5) is 2.49. The van der Waals surface area contributed by atoms with E-state index < -0.39 is 0 Å². The predicted molar refractivity (Wildman–Crippen MR) is 77.2 cm³/mol. The maximum atomic E-state index is 5.88. The van der Waals surface area contributed by atoms with Gasteiger partial charge in [0.15, 0.2) is 0 Å². The molecule has 1 saturated carbocycles. The molecule has 2 rings (SSSR count). The Morgan fingerprint density at radius 2 is 2.12 bits per heavy atom. The summed E-state index contributed by atoms with van der Waals surface area (Å²) >= 11 is 3.60. The Balaban J connectivity index is 2.30. The molecule has 2 nitrogen and oxygen atoms in total. The van der Waals surface area contributed by atoms with Gasteiger partial charge in [0.1, 0.15) is 0 Å². The van der Waals surface area contributed by atoms with E-state index in [1.54, 1.807) is 0 Å². The first kappa shape index (κ1) is 12.9. The van der Waals surface area contributed by atoms with Gasteiger partial charge in [0.05, 0.1) is 0 Å². The maximum Gasteiger partial charge on any atom is 0.0425 e. The van der Waals surface area contributed by atoms with E-state index >= 15 is 0 Å². The molecular formula is C14H21BrN2. The monoisotopic (exact) mass is 296 g/mol. The molecule has 0 radical (unpaired) electrons. The van der Waals surface area contributed by atoms with Crippen molar-refractivity contribution in [3.63, 3.8) is 0 Å². The Kier molecular flexibility index (Phi) is 4.10. The first-order valence-corrected chi connectivity index (χ1v) is 7.17. The summed E-state index contributed by atoms with van der Waals surface area (Å²) in [7, 11) is 0. The van der Waals surface area contributed by atoms with E-state index in [1.807, 2.05) is 0 Å². The van der Waals surface area contributed by atoms with E-state index in [1.165, 1.54) is 30.6 Å². The van der Waals surface area contributed by atoms with E-state index in [-0.39, 0.29) is 0 Å². The second-order valence-electron chi connectivity index (χ2n) is 5.13. The lowest BCUT2D eigenvalue weighted by Gasteiger charge is -2.31. The second kappa shape index (κ2) is 5.40. The molecule has 0 aromatic heterocycles. The van der Waals surface area contributed by atoms with Gasteiger partial charge in [0, 0.05) is 34.9 Å². The Bertz CT molecular complexity index is 386. The third-order valence-corrected chi connectivity index (χ3v) is 4.13. The quantitative estimate of drug-likeness (QED) is 0.901. The molecule has 1 aliphatic carbocycles. The first-order chi connectivity index (χ1) is 8.13. The molecule has 0 atom stereocenters. The van der Waals surface area contributed by atoms with Gasteiger partial charge in [-0.05, 0) is 44.7 Å². The number of halogens is 1. The fourth-order valence-electron chi connectivity index (χ4n) is 2.18. The molecule has 0 aliphatic heterocycles. The van der Waals surface area contributed by atoms with Gasteiger partial charge in [-0.1, -0.05) is 22.0 Å². The number of hydrogen-bond donors (Lipinski definition) is 1. The highest BCUT2D eigenvalue weighted by Gasteiger charge is 2.26. The second-order valence-corrected chi connectivity index (χ2v) is 5.99. The number of benzene rings is 1. The van der Waals surface area contributed by atoms with Crippen molar-refractivity contribution in [2.24, 2.45) is 11.7 Å². The summed E-state index contributed by atoms with van der Waals surface area (Å²) in [6, 6.07) is 6.88. The third kappa shape index (κ3) is 3.02. The molecule has 0 amide bonds. The molecule has 0 heterocycles. The van der Waals surface area contributed by atoms with E-state index in [0.29, 0.717) is 12.6 Å². The summed E-state index contributed by atoms with van der Waals surface area (Å²) in [5.41, 5.74) is 8.40. The highest BCUT2D eigenvalue weighted by Crippen LogP contribution is 2.35. The van der Waals surface area contributed by atoms with Crippen molar-refractivity contribution in [3.05, 3.63) is 28.2 Å². The van der Waals surface area contributed by atoms with Crippen molar-refractivity contribution in [1.29, 1.82) is 0 Å². The van der Waals surface area contributed by atoms with Crippen molar-refractivity contribution >= 4 is 21.6 Å². The summed E-state index contributed by atoms with van der Waals surface area (Å²) in [5, 5.41) is 0. The number of nitrogens with two attached hydrogens (primary N) is 1. The van der Waals surface area contributed by atoms with Gasteiger partial charge in [0.25, 0.3) is 0 Å². The molecule has 1 fully saturated rings. The molecule has 94 valence electrons. The van der Waals surface area contributed by atoms with Crippen LogP contribution in [0.5, 0.6) is 0 Å². The van der Waals surface area contributed by atoms with E-state index in [0.717, 1.165) is 10.4 Å². The molecule has 3 heteroatoms. The zero-order valence-electron chi connectivity index (χ0n) is 10.6. The summed E-state index contributed by atoms with van der Waals surface area (Å²) in [5.74, 6) is 0.891. The average Bonchev–Trinajstić information content (AvgIpc) is 3.09. The molecular weight excluding hydrogens is 276 g/mol. The van der Waals surface area contributed by atoms with Gasteiger partial charge >= 0.3 is 0 Å². The van der Waals surface area contributed by atoms with E-state index in [4.69, 9.17) is 5.73 Å². The molecule has 0 saturated heterocycles. The molecule has 0 unspecified atom stereocenters. The summed E-state index contributed by atoms with van der Waals surface area (Å²) in [6.45, 7) is 6.26. The lowest BCUT2D eigenvalue weighted by molar-refractivity contribution is 0.641. The normalized spacial score (nSPS) is 15.4. The fourth-order valence-corrected chi connectivity index (χ4v) is 2.70. The van der Waals surface area contributed by atoms with Crippen LogP contribution >= 0.6 is 15.9 Å². The standard InChI is InChI=1S/C14H21BrN2/c1-10(2)17(9-11-6-7-11)14-5-3-4-13(15)12(14)8-16/h3-5,10-11H,6-9,16H2,1-2H3. The largest absolute Gasteiger partial charge is 0.369 e. The zero-order chi connectivity index (χ0) is 12.4.